The molecule has 2 heterocycles. The number of pyridine rings is 2. The van der Waals surface area contributed by atoms with Gasteiger partial charge >= 0.3 is 0 Å². The molecule has 46 heavy (non-hydrogen) atoms. The highest BCUT2D eigenvalue weighted by Gasteiger charge is 2.32. The minimum absolute atomic E-state index is 0.000382. The molecule has 4 nitrogen and oxygen atoms in total. The molecule has 1 unspecified atom stereocenters. The van der Waals surface area contributed by atoms with Gasteiger partial charge in [0.2, 0.25) is 0 Å². The summed E-state index contributed by atoms with van der Waals surface area (Å²) in [7, 11) is 0. The minimum atomic E-state index is -0.000382. The Balaban J connectivity index is 1.24. The van der Waals surface area contributed by atoms with Crippen molar-refractivity contribution >= 4 is 62.0 Å². The first-order chi connectivity index (χ1) is 22.8. The Kier molecular flexibility index (Phi) is 6.24. The number of anilines is 5. The third-order valence-corrected chi connectivity index (χ3v) is 9.16. The molecule has 0 fully saturated rings. The van der Waals surface area contributed by atoms with Crippen LogP contribution >= 0.6 is 0 Å². The molecule has 4 heteroatoms. The quantitative estimate of drug-likeness (QED) is 0.193. The molecule has 1 atom stereocenters. The second-order valence-corrected chi connectivity index (χ2v) is 11.8. The van der Waals surface area contributed by atoms with E-state index in [0.717, 1.165) is 46.0 Å². The van der Waals surface area contributed by atoms with Gasteiger partial charge in [-0.1, -0.05) is 97.1 Å². The summed E-state index contributed by atoms with van der Waals surface area (Å²) in [4.78, 5) is 14.6. The maximum absolute atomic E-state index is 5.17. The van der Waals surface area contributed by atoms with E-state index in [2.05, 4.69) is 161 Å². The Bertz CT molecular complexity index is 2250. The number of fused-ring (bicyclic) bond motifs is 1. The third kappa shape index (κ3) is 4.30. The van der Waals surface area contributed by atoms with E-state index in [4.69, 9.17) is 9.97 Å². The average molecular weight is 591 g/mol. The molecule has 0 bridgehead atoms. The highest BCUT2D eigenvalue weighted by molar-refractivity contribution is 6.10. The first-order valence-corrected chi connectivity index (χ1v) is 15.8. The van der Waals surface area contributed by atoms with E-state index in [0.29, 0.717) is 0 Å². The Hall–Kier alpha value is -6.00. The van der Waals surface area contributed by atoms with Gasteiger partial charge in [-0.25, -0.2) is 9.97 Å². The molecule has 5 aromatic carbocycles. The highest BCUT2D eigenvalue weighted by Crippen LogP contribution is 2.48. The predicted molar refractivity (Wildman–Crippen MR) is 191 cm³/mol. The molecular weight excluding hydrogens is 560 g/mol. The van der Waals surface area contributed by atoms with Gasteiger partial charge < -0.3 is 4.90 Å². The van der Waals surface area contributed by atoms with E-state index < -0.39 is 0 Å². The van der Waals surface area contributed by atoms with Crippen LogP contribution < -0.4 is 9.80 Å². The normalized spacial score (nSPS) is 14.7. The van der Waals surface area contributed by atoms with Crippen LogP contribution in [0.3, 0.4) is 0 Å². The van der Waals surface area contributed by atoms with Crippen molar-refractivity contribution in [2.75, 3.05) is 9.80 Å². The number of para-hydroxylation sites is 3. The summed E-state index contributed by atoms with van der Waals surface area (Å²) in [5.74, 6) is 1.82. The molecule has 9 rings (SSSR count). The lowest BCUT2D eigenvalue weighted by molar-refractivity contribution is 0.926. The average Bonchev–Trinajstić information content (AvgIpc) is 3.13. The lowest BCUT2D eigenvalue weighted by Crippen LogP contribution is -2.33. The maximum Gasteiger partial charge on any atom is 0.138 e. The molecule has 0 aliphatic heterocycles. The third-order valence-electron chi connectivity index (χ3n) is 9.16. The second-order valence-electron chi connectivity index (χ2n) is 11.8. The summed E-state index contributed by atoms with van der Waals surface area (Å²) in [6, 6.07) is 49.1. The molecule has 0 radical (unpaired) electrons. The number of benzene rings is 5. The molecule has 0 saturated carbocycles. The van der Waals surface area contributed by atoms with Crippen molar-refractivity contribution in [3.05, 3.63) is 175 Å². The van der Waals surface area contributed by atoms with Gasteiger partial charge in [0.1, 0.15) is 11.6 Å². The smallest absolute Gasteiger partial charge is 0.138 e. The van der Waals surface area contributed by atoms with Crippen LogP contribution in [-0.2, 0) is 6.42 Å². The van der Waals surface area contributed by atoms with Gasteiger partial charge in [0.15, 0.2) is 0 Å². The first kappa shape index (κ1) is 26.4. The molecule has 218 valence electrons. The minimum Gasteiger partial charge on any atom is -0.315 e. The number of hydrogen-bond donors (Lipinski definition) is 0. The summed E-state index contributed by atoms with van der Waals surface area (Å²) in [5, 5.41) is 3.67. The van der Waals surface area contributed by atoms with Gasteiger partial charge in [-0.2, -0.15) is 0 Å². The molecule has 2 aromatic heterocycles. The van der Waals surface area contributed by atoms with E-state index >= 15 is 0 Å². The molecule has 0 saturated heterocycles. The van der Waals surface area contributed by atoms with Crippen molar-refractivity contribution in [3.63, 3.8) is 0 Å². The standard InChI is InChI=1S/C42H30N4/c1-3-12-32(13-4-1)45(39-17-9-10-28-43-39)37-25-20-30-19-24-35-38(26-21-31-18-23-34(37)41(30)42(31)35)46(33-14-5-2-6-15-33)40-27-22-29-11-7-8-16-36(29)44-40/h1-17,19-28,37H,18H2. The van der Waals surface area contributed by atoms with Crippen LogP contribution in [0.15, 0.2) is 158 Å². The van der Waals surface area contributed by atoms with Crippen LogP contribution in [0.5, 0.6) is 0 Å². The number of hydrogen-bond acceptors (Lipinski definition) is 4. The molecular formula is C42H30N4. The number of allylic oxidation sites excluding steroid dienone is 1. The fraction of sp³-hybridized carbons (Fsp3) is 0.0476. The number of nitrogens with zero attached hydrogens (tertiary/aromatic N) is 4. The zero-order valence-corrected chi connectivity index (χ0v) is 25.2. The molecule has 0 spiro atoms. The molecule has 2 aliphatic rings. The van der Waals surface area contributed by atoms with E-state index in [-0.39, 0.29) is 6.04 Å². The van der Waals surface area contributed by atoms with Crippen LogP contribution in [-0.4, -0.2) is 16.0 Å². The summed E-state index contributed by atoms with van der Waals surface area (Å²) >= 11 is 0. The largest absolute Gasteiger partial charge is 0.315 e. The van der Waals surface area contributed by atoms with Crippen LogP contribution in [0.1, 0.15) is 16.7 Å². The summed E-state index contributed by atoms with van der Waals surface area (Å²) in [5.41, 5.74) is 9.51. The van der Waals surface area contributed by atoms with Crippen LogP contribution in [0.25, 0.3) is 33.3 Å². The molecule has 0 N–H and O–H groups in total. The van der Waals surface area contributed by atoms with Crippen molar-refractivity contribution in [3.8, 4) is 0 Å². The van der Waals surface area contributed by atoms with E-state index in [1.54, 1.807) is 0 Å². The first-order valence-electron chi connectivity index (χ1n) is 15.8. The van der Waals surface area contributed by atoms with E-state index in [1.807, 2.05) is 12.3 Å². The van der Waals surface area contributed by atoms with Gasteiger partial charge in [0.25, 0.3) is 0 Å². The van der Waals surface area contributed by atoms with Crippen molar-refractivity contribution in [2.45, 2.75) is 12.5 Å². The molecule has 7 aromatic rings. The lowest BCUT2D eigenvalue weighted by atomic mass is 9.78. The summed E-state index contributed by atoms with van der Waals surface area (Å²) < 4.78 is 0. The van der Waals surface area contributed by atoms with Gasteiger partial charge in [0.05, 0.1) is 17.2 Å². The molecule has 0 amide bonds. The lowest BCUT2D eigenvalue weighted by Gasteiger charge is -2.37. The zero-order valence-electron chi connectivity index (χ0n) is 25.2. The van der Waals surface area contributed by atoms with Gasteiger partial charge in [0, 0.05) is 28.3 Å². The van der Waals surface area contributed by atoms with Gasteiger partial charge in [-0.3, -0.25) is 4.90 Å². The maximum atomic E-state index is 5.17. The topological polar surface area (TPSA) is 32.3 Å². The predicted octanol–water partition coefficient (Wildman–Crippen LogP) is 10.4. The van der Waals surface area contributed by atoms with Gasteiger partial charge in [-0.05, 0) is 94.7 Å². The van der Waals surface area contributed by atoms with Gasteiger partial charge in [-0.15, -0.1) is 0 Å². The van der Waals surface area contributed by atoms with Crippen LogP contribution in [0, 0.1) is 0 Å². The second kappa shape index (κ2) is 10.9. The SMILES string of the molecule is C1=CC(N(c2ccccc2)c2ccccn2)C2=CCc3ccc(N(c4ccccc4)c4ccc5ccccc5n4)c4ccc1c2c34. The summed E-state index contributed by atoms with van der Waals surface area (Å²) in [6.45, 7) is 0. The molecule has 2 aliphatic carbocycles. The Morgan fingerprint density at radius 2 is 1.41 bits per heavy atom. The van der Waals surface area contributed by atoms with Crippen molar-refractivity contribution in [1.82, 2.24) is 9.97 Å². The van der Waals surface area contributed by atoms with Crippen molar-refractivity contribution in [1.29, 1.82) is 0 Å². The Labute approximate surface area is 268 Å². The van der Waals surface area contributed by atoms with Crippen LogP contribution in [0.2, 0.25) is 0 Å². The Morgan fingerprint density at radius 3 is 2.24 bits per heavy atom. The van der Waals surface area contributed by atoms with Crippen molar-refractivity contribution in [2.24, 2.45) is 0 Å². The summed E-state index contributed by atoms with van der Waals surface area (Å²) in [6.07, 6.45) is 9.79. The monoisotopic (exact) mass is 590 g/mol. The highest BCUT2D eigenvalue weighted by atomic mass is 15.2. The number of aromatic nitrogens is 2. The van der Waals surface area contributed by atoms with E-state index in [1.165, 1.54) is 33.0 Å². The zero-order chi connectivity index (χ0) is 30.5. The van der Waals surface area contributed by atoms with Crippen LogP contribution in [0.4, 0.5) is 28.7 Å². The Morgan fingerprint density at radius 1 is 0.630 bits per heavy atom. The fourth-order valence-electron chi connectivity index (χ4n) is 7.12. The number of rotatable bonds is 6. The van der Waals surface area contributed by atoms with Crippen molar-refractivity contribution < 1.29 is 0 Å². The van der Waals surface area contributed by atoms with E-state index in [9.17, 15) is 0 Å². The fourth-order valence-corrected chi connectivity index (χ4v) is 7.12.